The zero-order chi connectivity index (χ0) is 13.2. The molecule has 2 rings (SSSR count). The first-order valence-corrected chi connectivity index (χ1v) is 6.27. The van der Waals surface area contributed by atoms with E-state index in [1.807, 2.05) is 12.1 Å². The van der Waals surface area contributed by atoms with Gasteiger partial charge in [0.1, 0.15) is 5.75 Å². The summed E-state index contributed by atoms with van der Waals surface area (Å²) in [5.41, 5.74) is 8.46. The van der Waals surface area contributed by atoms with Gasteiger partial charge in [-0.2, -0.15) is 0 Å². The van der Waals surface area contributed by atoms with E-state index < -0.39 is 0 Å². The summed E-state index contributed by atoms with van der Waals surface area (Å²) in [6.07, 6.45) is 0.960. The molecule has 18 heavy (non-hydrogen) atoms. The van der Waals surface area contributed by atoms with Gasteiger partial charge >= 0.3 is 0 Å². The number of nitrogens with two attached hydrogens (primary N) is 1. The lowest BCUT2D eigenvalue weighted by atomic mass is 10.1. The van der Waals surface area contributed by atoms with Crippen molar-refractivity contribution in [2.75, 3.05) is 12.5 Å². The molecular weight excluding hydrogens is 230 g/mol. The molecule has 1 aliphatic heterocycles. The van der Waals surface area contributed by atoms with Gasteiger partial charge in [0.15, 0.2) is 6.79 Å². The monoisotopic (exact) mass is 251 g/mol. The van der Waals surface area contributed by atoms with E-state index in [1.54, 1.807) is 0 Å². The summed E-state index contributed by atoms with van der Waals surface area (Å²) in [5.74, 6) is 0.863. The lowest BCUT2D eigenvalue weighted by Crippen LogP contribution is -2.23. The Morgan fingerprint density at radius 1 is 1.39 bits per heavy atom. The van der Waals surface area contributed by atoms with Crippen LogP contribution in [0.4, 0.5) is 5.69 Å². The molecular formula is C14H21NO3. The van der Waals surface area contributed by atoms with Crippen LogP contribution < -0.4 is 10.5 Å². The van der Waals surface area contributed by atoms with Gasteiger partial charge in [0.2, 0.25) is 0 Å². The maximum atomic E-state index is 5.91. The second-order valence-electron chi connectivity index (χ2n) is 5.18. The standard InChI is InChI=1S/C14H21NO3/c1-4-14(2,3)18-8-11-6-12(15)5-10-7-16-9-17-13(10)11/h5-6H,4,7-9,15H2,1-3H3. The fourth-order valence-electron chi connectivity index (χ4n) is 1.81. The van der Waals surface area contributed by atoms with Crippen molar-refractivity contribution < 1.29 is 14.2 Å². The van der Waals surface area contributed by atoms with E-state index >= 15 is 0 Å². The van der Waals surface area contributed by atoms with E-state index in [-0.39, 0.29) is 5.60 Å². The van der Waals surface area contributed by atoms with Crippen LogP contribution in [0.3, 0.4) is 0 Å². The first-order valence-electron chi connectivity index (χ1n) is 6.27. The van der Waals surface area contributed by atoms with Crippen LogP contribution >= 0.6 is 0 Å². The fraction of sp³-hybridized carbons (Fsp3) is 0.571. The number of rotatable bonds is 4. The molecule has 0 bridgehead atoms. The van der Waals surface area contributed by atoms with Crippen LogP contribution in [0.5, 0.6) is 5.75 Å². The molecule has 1 aromatic rings. The zero-order valence-electron chi connectivity index (χ0n) is 11.3. The molecule has 100 valence electrons. The minimum Gasteiger partial charge on any atom is -0.467 e. The number of fused-ring (bicyclic) bond motifs is 1. The third kappa shape index (κ3) is 2.94. The van der Waals surface area contributed by atoms with Crippen molar-refractivity contribution in [2.24, 2.45) is 0 Å². The highest BCUT2D eigenvalue weighted by atomic mass is 16.7. The van der Waals surface area contributed by atoms with Crippen LogP contribution in [0.1, 0.15) is 38.3 Å². The second kappa shape index (κ2) is 5.16. The maximum absolute atomic E-state index is 5.91. The number of hydrogen-bond donors (Lipinski definition) is 1. The second-order valence-corrected chi connectivity index (χ2v) is 5.18. The van der Waals surface area contributed by atoms with Gasteiger partial charge in [-0.25, -0.2) is 0 Å². The molecule has 1 aromatic carbocycles. The highest BCUT2D eigenvalue weighted by Crippen LogP contribution is 2.32. The molecule has 4 nitrogen and oxygen atoms in total. The molecule has 0 radical (unpaired) electrons. The highest BCUT2D eigenvalue weighted by molar-refractivity contribution is 5.53. The zero-order valence-corrected chi connectivity index (χ0v) is 11.3. The SMILES string of the molecule is CCC(C)(C)OCc1cc(N)cc2c1OCOC2. The number of benzene rings is 1. The molecule has 0 spiro atoms. The van der Waals surface area contributed by atoms with Gasteiger partial charge in [0.25, 0.3) is 0 Å². The number of hydrogen-bond acceptors (Lipinski definition) is 4. The summed E-state index contributed by atoms with van der Waals surface area (Å²) in [5, 5.41) is 0. The molecule has 0 amide bonds. The molecule has 4 heteroatoms. The lowest BCUT2D eigenvalue weighted by Gasteiger charge is -2.26. The Kier molecular flexibility index (Phi) is 3.78. The fourth-order valence-corrected chi connectivity index (χ4v) is 1.81. The van der Waals surface area contributed by atoms with Gasteiger partial charge in [-0.05, 0) is 32.4 Å². The van der Waals surface area contributed by atoms with Crippen LogP contribution in [0.2, 0.25) is 0 Å². The van der Waals surface area contributed by atoms with Crippen LogP contribution in [-0.4, -0.2) is 12.4 Å². The molecule has 0 saturated carbocycles. The number of nitrogen functional groups attached to an aromatic ring is 1. The predicted molar refractivity (Wildman–Crippen MR) is 70.3 cm³/mol. The Hall–Kier alpha value is -1.26. The van der Waals surface area contributed by atoms with Gasteiger partial charge in [-0.1, -0.05) is 6.92 Å². The molecule has 0 saturated heterocycles. The third-order valence-electron chi connectivity index (χ3n) is 3.28. The first-order chi connectivity index (χ1) is 8.52. The van der Waals surface area contributed by atoms with E-state index in [0.29, 0.717) is 20.0 Å². The van der Waals surface area contributed by atoms with Crippen molar-refractivity contribution in [3.63, 3.8) is 0 Å². The Bertz CT molecular complexity index is 429. The maximum Gasteiger partial charge on any atom is 0.189 e. The van der Waals surface area contributed by atoms with Gasteiger partial charge in [0.05, 0.1) is 18.8 Å². The van der Waals surface area contributed by atoms with Crippen molar-refractivity contribution in [1.82, 2.24) is 0 Å². The largest absolute Gasteiger partial charge is 0.467 e. The van der Waals surface area contributed by atoms with Gasteiger partial charge in [-0.15, -0.1) is 0 Å². The summed E-state index contributed by atoms with van der Waals surface area (Å²) < 4.78 is 16.7. The van der Waals surface area contributed by atoms with Crippen LogP contribution in [0, 0.1) is 0 Å². The minimum atomic E-state index is -0.136. The predicted octanol–water partition coefficient (Wildman–Crippen LogP) is 2.84. The lowest BCUT2D eigenvalue weighted by molar-refractivity contribution is -0.0389. The molecule has 0 fully saturated rings. The molecule has 0 unspecified atom stereocenters. The van der Waals surface area contributed by atoms with Gasteiger partial charge in [0, 0.05) is 16.8 Å². The van der Waals surface area contributed by atoms with Crippen molar-refractivity contribution in [2.45, 2.75) is 46.0 Å². The summed E-state index contributed by atoms with van der Waals surface area (Å²) in [6.45, 7) is 7.62. The molecule has 1 heterocycles. The van der Waals surface area contributed by atoms with Gasteiger partial charge < -0.3 is 19.9 Å². The average molecular weight is 251 g/mol. The quantitative estimate of drug-likeness (QED) is 0.836. The van der Waals surface area contributed by atoms with E-state index in [4.69, 9.17) is 19.9 Å². The van der Waals surface area contributed by atoms with E-state index in [9.17, 15) is 0 Å². The molecule has 2 N–H and O–H groups in total. The summed E-state index contributed by atoms with van der Waals surface area (Å²) in [6, 6.07) is 3.80. The van der Waals surface area contributed by atoms with E-state index in [0.717, 1.165) is 29.0 Å². The van der Waals surface area contributed by atoms with Crippen LogP contribution in [-0.2, 0) is 22.7 Å². The average Bonchev–Trinajstić information content (AvgIpc) is 2.36. The minimum absolute atomic E-state index is 0.136. The first kappa shape index (κ1) is 13.2. The van der Waals surface area contributed by atoms with Crippen molar-refractivity contribution >= 4 is 5.69 Å². The van der Waals surface area contributed by atoms with Gasteiger partial charge in [-0.3, -0.25) is 0 Å². The summed E-state index contributed by atoms with van der Waals surface area (Å²) in [4.78, 5) is 0. The Morgan fingerprint density at radius 2 is 2.17 bits per heavy atom. The molecule has 0 aliphatic carbocycles. The topological polar surface area (TPSA) is 53.7 Å². The van der Waals surface area contributed by atoms with Crippen molar-refractivity contribution in [1.29, 1.82) is 0 Å². The molecule has 1 aliphatic rings. The van der Waals surface area contributed by atoms with Crippen molar-refractivity contribution in [3.05, 3.63) is 23.3 Å². The van der Waals surface area contributed by atoms with E-state index in [2.05, 4.69) is 20.8 Å². The Labute approximate surface area is 108 Å². The highest BCUT2D eigenvalue weighted by Gasteiger charge is 2.20. The van der Waals surface area contributed by atoms with E-state index in [1.165, 1.54) is 0 Å². The van der Waals surface area contributed by atoms with Crippen LogP contribution in [0.15, 0.2) is 12.1 Å². The van der Waals surface area contributed by atoms with Crippen LogP contribution in [0.25, 0.3) is 0 Å². The molecule has 0 atom stereocenters. The van der Waals surface area contributed by atoms with Crippen molar-refractivity contribution in [3.8, 4) is 5.75 Å². The molecule has 0 aromatic heterocycles. The Balaban J connectivity index is 2.19. The Morgan fingerprint density at radius 3 is 2.89 bits per heavy atom. The number of ether oxygens (including phenoxy) is 3. The summed E-state index contributed by atoms with van der Waals surface area (Å²) >= 11 is 0. The summed E-state index contributed by atoms with van der Waals surface area (Å²) in [7, 11) is 0. The number of anilines is 1. The third-order valence-corrected chi connectivity index (χ3v) is 3.28. The normalized spacial score (nSPS) is 15.1. The smallest absolute Gasteiger partial charge is 0.189 e.